The Balaban J connectivity index is 6.11. The number of ether oxygens (including phenoxy) is 2. The molecule has 0 aromatic rings. The van der Waals surface area contributed by atoms with Gasteiger partial charge < -0.3 is 14.8 Å². The van der Waals surface area contributed by atoms with Crippen molar-refractivity contribution in [2.24, 2.45) is 0 Å². The third-order valence-corrected chi connectivity index (χ3v) is 5.07. The summed E-state index contributed by atoms with van der Waals surface area (Å²) < 4.78 is 207. The molecule has 38 heavy (non-hydrogen) atoms. The minimum absolute atomic E-state index is 0.0641. The second-order valence-electron chi connectivity index (χ2n) is 7.28. The lowest BCUT2D eigenvalue weighted by Crippen LogP contribution is -2.66. The van der Waals surface area contributed by atoms with Crippen molar-refractivity contribution in [3.63, 3.8) is 0 Å². The summed E-state index contributed by atoms with van der Waals surface area (Å²) in [5, 5.41) is -6.14. The first kappa shape index (κ1) is 35.6. The Morgan fingerprint density at radius 3 is 1.68 bits per heavy atom. The lowest BCUT2D eigenvalue weighted by molar-refractivity contribution is -0.349. The van der Waals surface area contributed by atoms with Gasteiger partial charge in [0.2, 0.25) is 6.04 Å². The lowest BCUT2D eigenvalue weighted by Gasteiger charge is -2.35. The molecule has 8 nitrogen and oxygen atoms in total. The number of amides is 1. The Morgan fingerprint density at radius 1 is 0.895 bits per heavy atom. The summed E-state index contributed by atoms with van der Waals surface area (Å²) in [6.07, 6.45) is -24.2. The number of esters is 1. The van der Waals surface area contributed by atoms with Crippen LogP contribution in [0.3, 0.4) is 0 Å². The van der Waals surface area contributed by atoms with Crippen LogP contribution in [0.2, 0.25) is 0 Å². The topological polar surface area (TPSA) is 119 Å². The Morgan fingerprint density at radius 2 is 1.34 bits per heavy atom. The first-order valence-electron chi connectivity index (χ1n) is 9.31. The van der Waals surface area contributed by atoms with E-state index < -0.39 is 95.0 Å². The molecule has 224 valence electrons. The molecule has 0 saturated heterocycles. The van der Waals surface area contributed by atoms with Crippen molar-refractivity contribution >= 4 is 22.0 Å². The standard InChI is InChI=1S/C16H16F13NO7S/c1-7(2)8(31)37-12(15(25,26)27,10(32)30-9(13(19,20)21)14(22,23)24)36-6-4-3-5-11(17,18)16(28,29)38(33,34)35/h9H,1,3-6H2,2H3,(H,30,32)(H,33,34,35). The van der Waals surface area contributed by atoms with Gasteiger partial charge in [0.1, 0.15) is 0 Å². The zero-order valence-corrected chi connectivity index (χ0v) is 19.1. The number of hydrogen-bond acceptors (Lipinski definition) is 6. The highest BCUT2D eigenvalue weighted by Crippen LogP contribution is 2.42. The van der Waals surface area contributed by atoms with Gasteiger partial charge in [0.05, 0.1) is 6.61 Å². The normalized spacial score (nSPS) is 15.7. The highest BCUT2D eigenvalue weighted by atomic mass is 32.2. The van der Waals surface area contributed by atoms with Crippen LogP contribution in [-0.4, -0.2) is 73.0 Å². The SMILES string of the molecule is C=C(C)C(=O)OC(OCCCCC(F)(F)C(F)(F)S(=O)(=O)O)(C(=O)NC(C(F)(F)F)C(F)(F)F)C(F)(F)F. The van der Waals surface area contributed by atoms with Crippen molar-refractivity contribution in [1.82, 2.24) is 5.32 Å². The van der Waals surface area contributed by atoms with Gasteiger partial charge in [0.25, 0.3) is 0 Å². The molecule has 0 radical (unpaired) electrons. The van der Waals surface area contributed by atoms with Gasteiger partial charge in [-0.1, -0.05) is 6.58 Å². The average molecular weight is 613 g/mol. The Bertz CT molecular complexity index is 975. The fraction of sp³-hybridized carbons (Fsp3) is 0.750. The van der Waals surface area contributed by atoms with Crippen LogP contribution in [0.25, 0.3) is 0 Å². The molecule has 1 atom stereocenters. The van der Waals surface area contributed by atoms with Gasteiger partial charge in [-0.25, -0.2) is 4.79 Å². The van der Waals surface area contributed by atoms with Crippen molar-refractivity contribution < 1.29 is 89.1 Å². The molecule has 0 rings (SSSR count). The molecule has 0 aliphatic rings. The zero-order valence-electron chi connectivity index (χ0n) is 18.3. The monoisotopic (exact) mass is 613 g/mol. The summed E-state index contributed by atoms with van der Waals surface area (Å²) in [4.78, 5) is 23.7. The van der Waals surface area contributed by atoms with E-state index in [9.17, 15) is 75.1 Å². The maximum Gasteiger partial charge on any atom is 0.466 e. The van der Waals surface area contributed by atoms with Gasteiger partial charge in [-0.05, 0) is 19.8 Å². The van der Waals surface area contributed by atoms with Crippen LogP contribution in [0.4, 0.5) is 57.1 Å². The smallest absolute Gasteiger partial charge is 0.412 e. The van der Waals surface area contributed by atoms with E-state index in [1.54, 1.807) is 0 Å². The van der Waals surface area contributed by atoms with Crippen LogP contribution in [-0.2, 0) is 29.2 Å². The van der Waals surface area contributed by atoms with E-state index in [1.165, 1.54) is 0 Å². The van der Waals surface area contributed by atoms with Gasteiger partial charge >= 0.3 is 57.5 Å². The molecule has 0 aromatic heterocycles. The predicted octanol–water partition coefficient (Wildman–Crippen LogP) is 4.28. The molecule has 0 heterocycles. The highest BCUT2D eigenvalue weighted by Gasteiger charge is 2.69. The van der Waals surface area contributed by atoms with E-state index >= 15 is 0 Å². The summed E-state index contributed by atoms with van der Waals surface area (Å²) in [6, 6.07) is -4.95. The molecule has 1 unspecified atom stereocenters. The first-order valence-corrected chi connectivity index (χ1v) is 10.7. The highest BCUT2D eigenvalue weighted by molar-refractivity contribution is 7.87. The molecular formula is C16H16F13NO7S. The maximum absolute atomic E-state index is 13.7. The van der Waals surface area contributed by atoms with Gasteiger partial charge in [0, 0.05) is 12.0 Å². The van der Waals surface area contributed by atoms with Crippen molar-refractivity contribution in [3.8, 4) is 0 Å². The summed E-state index contributed by atoms with van der Waals surface area (Å²) >= 11 is 0. The van der Waals surface area contributed by atoms with E-state index in [1.807, 2.05) is 0 Å². The molecule has 22 heteroatoms. The summed E-state index contributed by atoms with van der Waals surface area (Å²) in [7, 11) is -6.68. The third-order valence-electron chi connectivity index (χ3n) is 4.13. The molecule has 0 bridgehead atoms. The Labute approximate surface area is 203 Å². The minimum atomic E-state index is -6.68. The molecule has 1 amide bonds. The van der Waals surface area contributed by atoms with Crippen LogP contribution in [0, 0.1) is 0 Å². The molecular weight excluding hydrogens is 597 g/mol. The number of nitrogens with one attached hydrogen (secondary N) is 1. The van der Waals surface area contributed by atoms with E-state index in [2.05, 4.69) is 16.1 Å². The van der Waals surface area contributed by atoms with Gasteiger partial charge in [0.15, 0.2) is 0 Å². The number of unbranched alkanes of at least 4 members (excludes halogenated alkanes) is 1. The number of halogens is 13. The third kappa shape index (κ3) is 8.32. The molecule has 2 N–H and O–H groups in total. The summed E-state index contributed by atoms with van der Waals surface area (Å²) in [5.74, 6) is -16.4. The zero-order chi connectivity index (χ0) is 30.8. The molecule has 0 spiro atoms. The van der Waals surface area contributed by atoms with Crippen LogP contribution in [0.1, 0.15) is 26.2 Å². The number of carbonyl (C=O) groups is 2. The number of alkyl halides is 13. The van der Waals surface area contributed by atoms with Crippen molar-refractivity contribution in [2.75, 3.05) is 6.61 Å². The van der Waals surface area contributed by atoms with Crippen LogP contribution < -0.4 is 5.32 Å². The average Bonchev–Trinajstić information content (AvgIpc) is 2.66. The first-order chi connectivity index (χ1) is 16.5. The number of hydrogen-bond donors (Lipinski definition) is 2. The summed E-state index contributed by atoms with van der Waals surface area (Å²) in [6.45, 7) is 1.65. The molecule has 0 fully saturated rings. The molecule has 0 aliphatic heterocycles. The van der Waals surface area contributed by atoms with Crippen LogP contribution in [0.15, 0.2) is 12.2 Å². The van der Waals surface area contributed by atoms with E-state index in [4.69, 9.17) is 4.55 Å². The van der Waals surface area contributed by atoms with Crippen molar-refractivity contribution in [2.45, 2.75) is 67.7 Å². The Kier molecular flexibility index (Phi) is 10.7. The number of carbonyl (C=O) groups excluding carboxylic acids is 2. The number of rotatable bonds is 12. The Hall–Kier alpha value is -2.36. The lowest BCUT2D eigenvalue weighted by atomic mass is 10.1. The molecule has 0 saturated carbocycles. The van der Waals surface area contributed by atoms with Crippen LogP contribution in [0.5, 0.6) is 0 Å². The second-order valence-corrected chi connectivity index (χ2v) is 8.74. The predicted molar refractivity (Wildman–Crippen MR) is 95.0 cm³/mol. The van der Waals surface area contributed by atoms with Gasteiger partial charge in [-0.2, -0.15) is 65.5 Å². The van der Waals surface area contributed by atoms with Crippen LogP contribution >= 0.6 is 0 Å². The van der Waals surface area contributed by atoms with Gasteiger partial charge in [-0.3, -0.25) is 9.35 Å². The fourth-order valence-electron chi connectivity index (χ4n) is 2.20. The summed E-state index contributed by atoms with van der Waals surface area (Å²) in [5.41, 5.74) is -0.981. The molecule has 0 aromatic carbocycles. The van der Waals surface area contributed by atoms with E-state index in [-0.39, 0.29) is 5.32 Å². The minimum Gasteiger partial charge on any atom is -0.412 e. The van der Waals surface area contributed by atoms with Gasteiger partial charge in [-0.15, -0.1) is 0 Å². The maximum atomic E-state index is 13.7. The van der Waals surface area contributed by atoms with E-state index in [0.29, 0.717) is 6.92 Å². The van der Waals surface area contributed by atoms with E-state index in [0.717, 1.165) is 0 Å². The van der Waals surface area contributed by atoms with Crippen molar-refractivity contribution in [3.05, 3.63) is 12.2 Å². The largest absolute Gasteiger partial charge is 0.466 e. The fourth-order valence-corrected chi connectivity index (χ4v) is 2.68. The molecule has 0 aliphatic carbocycles. The van der Waals surface area contributed by atoms with Crippen molar-refractivity contribution in [1.29, 1.82) is 0 Å². The quantitative estimate of drug-likeness (QED) is 0.0843. The second kappa shape index (κ2) is 11.4.